The molecule has 1 N–H and O–H groups in total. The first-order valence-corrected chi connectivity index (χ1v) is 6.82. The molecule has 4 heteroatoms. The second-order valence-corrected chi connectivity index (χ2v) is 6.21. The quantitative estimate of drug-likeness (QED) is 0.892. The molecule has 0 saturated heterocycles. The van der Waals surface area contributed by atoms with Gasteiger partial charge < -0.3 is 10.1 Å². The van der Waals surface area contributed by atoms with Crippen LogP contribution in [0.5, 0.6) is 0 Å². The Morgan fingerprint density at radius 3 is 2.47 bits per heavy atom. The molecule has 0 aliphatic rings. The first-order valence-electron chi connectivity index (χ1n) is 6.44. The largest absolute Gasteiger partial charge is 0.379 e. The second-order valence-electron chi connectivity index (χ2n) is 5.83. The van der Waals surface area contributed by atoms with Gasteiger partial charge in [0, 0.05) is 13.2 Å². The molecule has 0 radical (unpaired) electrons. The van der Waals surface area contributed by atoms with Gasteiger partial charge in [-0.05, 0) is 30.5 Å². The average Bonchev–Trinajstić information content (AvgIpc) is 2.32. The first kappa shape index (κ1) is 16.4. The summed E-state index contributed by atoms with van der Waals surface area (Å²) in [6.45, 7) is 6.37. The molecule has 0 aliphatic heterocycles. The molecule has 0 bridgehead atoms. The summed E-state index contributed by atoms with van der Waals surface area (Å²) in [4.78, 5) is 0. The Balaban J connectivity index is 2.96. The van der Waals surface area contributed by atoms with E-state index in [-0.39, 0.29) is 28.4 Å². The molecule has 19 heavy (non-hydrogen) atoms. The van der Waals surface area contributed by atoms with Crippen LogP contribution >= 0.6 is 11.6 Å². The number of hydrogen-bond donors (Lipinski definition) is 1. The van der Waals surface area contributed by atoms with Crippen LogP contribution in [0.3, 0.4) is 0 Å². The van der Waals surface area contributed by atoms with Gasteiger partial charge in [0.1, 0.15) is 5.82 Å². The molecule has 2 unspecified atom stereocenters. The summed E-state index contributed by atoms with van der Waals surface area (Å²) in [5.41, 5.74) is 0.787. The zero-order chi connectivity index (χ0) is 14.6. The maximum absolute atomic E-state index is 13.5. The number of hydrogen-bond acceptors (Lipinski definition) is 2. The van der Waals surface area contributed by atoms with Crippen molar-refractivity contribution in [1.29, 1.82) is 0 Å². The highest BCUT2D eigenvalue weighted by Gasteiger charge is 2.32. The molecule has 0 saturated carbocycles. The lowest BCUT2D eigenvalue weighted by Crippen LogP contribution is -2.47. The predicted octanol–water partition coefficient (Wildman–Crippen LogP) is 3.67. The van der Waals surface area contributed by atoms with E-state index in [9.17, 15) is 4.39 Å². The zero-order valence-corrected chi connectivity index (χ0v) is 13.0. The fraction of sp³-hybridized carbons (Fsp3) is 0.600. The fourth-order valence-electron chi connectivity index (χ4n) is 2.42. The van der Waals surface area contributed by atoms with Crippen LogP contribution in [0.25, 0.3) is 0 Å². The van der Waals surface area contributed by atoms with Crippen LogP contribution in [0.1, 0.15) is 26.3 Å². The minimum Gasteiger partial charge on any atom is -0.379 e. The number of rotatable bonds is 5. The monoisotopic (exact) mass is 287 g/mol. The molecule has 1 aromatic rings. The van der Waals surface area contributed by atoms with Gasteiger partial charge >= 0.3 is 0 Å². The van der Waals surface area contributed by atoms with Crippen LogP contribution in [0, 0.1) is 11.2 Å². The molecule has 0 heterocycles. The number of halogens is 2. The Bertz CT molecular complexity index is 417. The maximum atomic E-state index is 13.5. The van der Waals surface area contributed by atoms with Crippen molar-refractivity contribution >= 4 is 11.6 Å². The van der Waals surface area contributed by atoms with Gasteiger partial charge in [0.05, 0.1) is 11.1 Å². The zero-order valence-electron chi connectivity index (χ0n) is 12.3. The van der Waals surface area contributed by atoms with E-state index < -0.39 is 0 Å². The highest BCUT2D eigenvalue weighted by atomic mass is 35.5. The van der Waals surface area contributed by atoms with E-state index in [2.05, 4.69) is 26.1 Å². The third kappa shape index (κ3) is 4.16. The molecule has 0 aliphatic carbocycles. The van der Waals surface area contributed by atoms with E-state index in [1.807, 2.05) is 13.1 Å². The molecule has 0 spiro atoms. The normalized spacial score (nSPS) is 15.3. The van der Waals surface area contributed by atoms with Gasteiger partial charge in [-0.25, -0.2) is 4.39 Å². The second kappa shape index (κ2) is 6.69. The lowest BCUT2D eigenvalue weighted by atomic mass is 9.82. The Kier molecular flexibility index (Phi) is 5.78. The molecule has 0 fully saturated rings. The van der Waals surface area contributed by atoms with Crippen molar-refractivity contribution < 1.29 is 9.13 Å². The number of benzene rings is 1. The van der Waals surface area contributed by atoms with Crippen LogP contribution in [-0.2, 0) is 11.2 Å². The minimum atomic E-state index is -0.376. The molecule has 1 rings (SSSR count). The summed E-state index contributed by atoms with van der Waals surface area (Å²) < 4.78 is 19.1. The molecule has 108 valence electrons. The third-order valence-electron chi connectivity index (χ3n) is 3.32. The summed E-state index contributed by atoms with van der Waals surface area (Å²) in [5, 5.41) is 3.45. The van der Waals surface area contributed by atoms with Crippen molar-refractivity contribution in [2.45, 2.75) is 39.3 Å². The van der Waals surface area contributed by atoms with Crippen LogP contribution in [0.4, 0.5) is 4.39 Å². The highest BCUT2D eigenvalue weighted by molar-refractivity contribution is 6.31. The van der Waals surface area contributed by atoms with Gasteiger partial charge in [-0.3, -0.25) is 0 Å². The van der Waals surface area contributed by atoms with E-state index in [0.29, 0.717) is 6.42 Å². The summed E-state index contributed by atoms with van der Waals surface area (Å²) >= 11 is 6.01. The number of nitrogens with one attached hydrogen (secondary N) is 1. The van der Waals surface area contributed by atoms with E-state index in [1.165, 1.54) is 6.07 Å². The van der Waals surface area contributed by atoms with Crippen molar-refractivity contribution in [1.82, 2.24) is 5.32 Å². The van der Waals surface area contributed by atoms with Crippen LogP contribution in [0.2, 0.25) is 5.02 Å². The van der Waals surface area contributed by atoms with E-state index in [4.69, 9.17) is 16.3 Å². The average molecular weight is 288 g/mol. The smallest absolute Gasteiger partial charge is 0.142 e. The van der Waals surface area contributed by atoms with Gasteiger partial charge in [0.15, 0.2) is 0 Å². The van der Waals surface area contributed by atoms with E-state index in [1.54, 1.807) is 13.2 Å². The maximum Gasteiger partial charge on any atom is 0.142 e. The molecular weight excluding hydrogens is 265 g/mol. The minimum absolute atomic E-state index is 0.0110. The van der Waals surface area contributed by atoms with Crippen molar-refractivity contribution in [3.05, 3.63) is 34.6 Å². The Labute approximate surface area is 120 Å². The van der Waals surface area contributed by atoms with Crippen LogP contribution in [0.15, 0.2) is 18.2 Å². The van der Waals surface area contributed by atoms with Crippen molar-refractivity contribution in [2.75, 3.05) is 14.2 Å². The topological polar surface area (TPSA) is 21.3 Å². The predicted molar refractivity (Wildman–Crippen MR) is 78.2 cm³/mol. The van der Waals surface area contributed by atoms with E-state index >= 15 is 0 Å². The van der Waals surface area contributed by atoms with Gasteiger partial charge in [0.2, 0.25) is 0 Å². The van der Waals surface area contributed by atoms with Gasteiger partial charge in [-0.1, -0.05) is 44.5 Å². The third-order valence-corrected chi connectivity index (χ3v) is 3.74. The van der Waals surface area contributed by atoms with Gasteiger partial charge in [0.25, 0.3) is 0 Å². The highest BCUT2D eigenvalue weighted by Crippen LogP contribution is 2.28. The van der Waals surface area contributed by atoms with E-state index in [0.717, 1.165) is 5.56 Å². The van der Waals surface area contributed by atoms with Gasteiger partial charge in [-0.2, -0.15) is 0 Å². The molecule has 2 atom stereocenters. The molecular formula is C15H23ClFNO. The summed E-state index contributed by atoms with van der Waals surface area (Å²) in [7, 11) is 3.59. The van der Waals surface area contributed by atoms with Crippen molar-refractivity contribution in [3.8, 4) is 0 Å². The number of likely N-dealkylation sites (N-methyl/N-ethyl adjacent to an activating group) is 1. The Hall–Kier alpha value is -0.640. The summed E-state index contributed by atoms with van der Waals surface area (Å²) in [6, 6.07) is 4.98. The van der Waals surface area contributed by atoms with Crippen molar-refractivity contribution in [3.63, 3.8) is 0 Å². The number of methoxy groups -OCH3 is 1. The summed E-state index contributed by atoms with van der Waals surface area (Å²) in [5.74, 6) is -0.376. The van der Waals surface area contributed by atoms with Crippen LogP contribution in [-0.4, -0.2) is 26.3 Å². The molecule has 0 amide bonds. The molecule has 0 aromatic heterocycles. The first-order chi connectivity index (χ1) is 8.81. The van der Waals surface area contributed by atoms with Crippen molar-refractivity contribution in [2.24, 2.45) is 5.41 Å². The Morgan fingerprint density at radius 2 is 2.00 bits per heavy atom. The summed E-state index contributed by atoms with van der Waals surface area (Å²) in [6.07, 6.45) is 0.639. The molecule has 2 nitrogen and oxygen atoms in total. The van der Waals surface area contributed by atoms with Crippen LogP contribution < -0.4 is 5.32 Å². The fourth-order valence-corrected chi connectivity index (χ4v) is 2.63. The SMILES string of the molecule is CNC(Cc1cccc(F)c1Cl)C(OC)C(C)(C)C. The Morgan fingerprint density at radius 1 is 1.37 bits per heavy atom. The van der Waals surface area contributed by atoms with Gasteiger partial charge in [-0.15, -0.1) is 0 Å². The molecule has 1 aromatic carbocycles. The number of ether oxygens (including phenoxy) is 1. The standard InChI is InChI=1S/C15H23ClFNO/c1-15(2,3)14(19-5)12(18-4)9-10-7-6-8-11(17)13(10)16/h6-8,12,14,18H,9H2,1-5H3. The lowest BCUT2D eigenvalue weighted by Gasteiger charge is -2.36. The lowest BCUT2D eigenvalue weighted by molar-refractivity contribution is -0.00922.